The van der Waals surface area contributed by atoms with Crippen LogP contribution in [-0.4, -0.2) is 4.92 Å². The summed E-state index contributed by atoms with van der Waals surface area (Å²) in [5.74, 6) is -0.142. The van der Waals surface area contributed by atoms with E-state index < -0.39 is 10.7 Å². The van der Waals surface area contributed by atoms with Gasteiger partial charge < -0.3 is 5.73 Å². The molecule has 2 aromatic rings. The fourth-order valence-electron chi connectivity index (χ4n) is 1.90. The summed E-state index contributed by atoms with van der Waals surface area (Å²) < 4.78 is 13.3. The third-order valence-corrected chi connectivity index (χ3v) is 4.06. The SMILES string of the molecule is CC(N)c1cccc(SCc2cc(F)ccc2[N+](=O)[O-])c1. The highest BCUT2D eigenvalue weighted by Gasteiger charge is 2.14. The van der Waals surface area contributed by atoms with Gasteiger partial charge in [0.1, 0.15) is 5.82 Å². The van der Waals surface area contributed by atoms with Crippen LogP contribution in [0.3, 0.4) is 0 Å². The number of nitro benzene ring substituents is 1. The Balaban J connectivity index is 2.18. The van der Waals surface area contributed by atoms with E-state index in [9.17, 15) is 14.5 Å². The van der Waals surface area contributed by atoms with Gasteiger partial charge in [0.25, 0.3) is 5.69 Å². The second-order valence-electron chi connectivity index (χ2n) is 4.68. The van der Waals surface area contributed by atoms with Gasteiger partial charge in [-0.15, -0.1) is 11.8 Å². The van der Waals surface area contributed by atoms with Gasteiger partial charge in [0, 0.05) is 28.3 Å². The fourth-order valence-corrected chi connectivity index (χ4v) is 2.84. The van der Waals surface area contributed by atoms with Crippen LogP contribution in [0.5, 0.6) is 0 Å². The van der Waals surface area contributed by atoms with Crippen LogP contribution in [0.1, 0.15) is 24.1 Å². The van der Waals surface area contributed by atoms with Crippen molar-refractivity contribution >= 4 is 17.4 Å². The first-order valence-corrected chi connectivity index (χ1v) is 7.37. The van der Waals surface area contributed by atoms with Crippen LogP contribution in [0.15, 0.2) is 47.4 Å². The summed E-state index contributed by atoms with van der Waals surface area (Å²) in [4.78, 5) is 11.4. The number of nitro groups is 1. The van der Waals surface area contributed by atoms with E-state index in [1.54, 1.807) is 0 Å². The van der Waals surface area contributed by atoms with Gasteiger partial charge in [0.15, 0.2) is 0 Å². The van der Waals surface area contributed by atoms with Crippen LogP contribution in [0.25, 0.3) is 0 Å². The Morgan fingerprint density at radius 2 is 2.10 bits per heavy atom. The Kier molecular flexibility index (Phi) is 4.93. The van der Waals surface area contributed by atoms with Gasteiger partial charge in [-0.2, -0.15) is 0 Å². The average molecular weight is 306 g/mol. The van der Waals surface area contributed by atoms with Crippen molar-refractivity contribution in [2.75, 3.05) is 0 Å². The predicted octanol–water partition coefficient (Wildman–Crippen LogP) is 4.05. The molecule has 110 valence electrons. The molecule has 2 aromatic carbocycles. The minimum Gasteiger partial charge on any atom is -0.324 e. The van der Waals surface area contributed by atoms with Crippen molar-refractivity contribution < 1.29 is 9.31 Å². The maximum Gasteiger partial charge on any atom is 0.273 e. The molecular weight excluding hydrogens is 291 g/mol. The molecule has 6 heteroatoms. The molecule has 0 bridgehead atoms. The normalized spacial score (nSPS) is 12.1. The molecular formula is C15H15FN2O2S. The number of benzene rings is 2. The maximum atomic E-state index is 13.3. The lowest BCUT2D eigenvalue weighted by molar-refractivity contribution is -0.385. The summed E-state index contributed by atoms with van der Waals surface area (Å²) in [6.45, 7) is 1.89. The number of rotatable bonds is 5. The van der Waals surface area contributed by atoms with Crippen molar-refractivity contribution in [3.05, 3.63) is 69.5 Å². The molecule has 0 amide bonds. The molecule has 1 unspecified atom stereocenters. The number of halogens is 1. The van der Waals surface area contributed by atoms with E-state index in [0.717, 1.165) is 16.5 Å². The van der Waals surface area contributed by atoms with Crippen LogP contribution in [0, 0.1) is 15.9 Å². The molecule has 0 fully saturated rings. The molecule has 2 rings (SSSR count). The highest BCUT2D eigenvalue weighted by atomic mass is 32.2. The lowest BCUT2D eigenvalue weighted by Crippen LogP contribution is -2.04. The predicted molar refractivity (Wildman–Crippen MR) is 81.7 cm³/mol. The van der Waals surface area contributed by atoms with Crippen LogP contribution >= 0.6 is 11.8 Å². The van der Waals surface area contributed by atoms with Gasteiger partial charge in [-0.25, -0.2) is 4.39 Å². The highest BCUT2D eigenvalue weighted by Crippen LogP contribution is 2.29. The van der Waals surface area contributed by atoms with E-state index >= 15 is 0 Å². The van der Waals surface area contributed by atoms with Crippen LogP contribution in [-0.2, 0) is 5.75 Å². The smallest absolute Gasteiger partial charge is 0.273 e. The Morgan fingerprint density at radius 1 is 1.33 bits per heavy atom. The van der Waals surface area contributed by atoms with Gasteiger partial charge in [-0.05, 0) is 36.8 Å². The van der Waals surface area contributed by atoms with Gasteiger partial charge in [0.05, 0.1) is 4.92 Å². The van der Waals surface area contributed by atoms with E-state index in [4.69, 9.17) is 5.73 Å². The minimum absolute atomic E-state index is 0.0627. The number of nitrogens with zero attached hydrogens (tertiary/aromatic N) is 1. The quantitative estimate of drug-likeness (QED) is 0.514. The van der Waals surface area contributed by atoms with Gasteiger partial charge in [-0.1, -0.05) is 12.1 Å². The van der Waals surface area contributed by atoms with Crippen molar-refractivity contribution in [1.29, 1.82) is 0 Å². The first-order valence-electron chi connectivity index (χ1n) is 6.38. The molecule has 2 N–H and O–H groups in total. The Hall–Kier alpha value is -1.92. The van der Waals surface area contributed by atoms with E-state index in [0.29, 0.717) is 11.3 Å². The van der Waals surface area contributed by atoms with E-state index in [2.05, 4.69) is 0 Å². The first-order chi connectivity index (χ1) is 9.97. The fraction of sp³-hybridized carbons (Fsp3) is 0.200. The average Bonchev–Trinajstić information content (AvgIpc) is 2.45. The lowest BCUT2D eigenvalue weighted by atomic mass is 10.1. The highest BCUT2D eigenvalue weighted by molar-refractivity contribution is 7.98. The number of nitrogens with two attached hydrogens (primary N) is 1. The van der Waals surface area contributed by atoms with Gasteiger partial charge in [-0.3, -0.25) is 10.1 Å². The Labute approximate surface area is 126 Å². The van der Waals surface area contributed by atoms with Crippen molar-refractivity contribution in [3.8, 4) is 0 Å². The molecule has 0 spiro atoms. The maximum absolute atomic E-state index is 13.3. The molecule has 0 saturated heterocycles. The molecule has 1 atom stereocenters. The molecule has 4 nitrogen and oxygen atoms in total. The minimum atomic E-state index is -0.492. The largest absolute Gasteiger partial charge is 0.324 e. The summed E-state index contributed by atoms with van der Waals surface area (Å²) in [5.41, 5.74) is 7.13. The summed E-state index contributed by atoms with van der Waals surface area (Å²) in [7, 11) is 0. The van der Waals surface area contributed by atoms with Gasteiger partial charge in [0.2, 0.25) is 0 Å². The van der Waals surface area contributed by atoms with Crippen molar-refractivity contribution in [2.45, 2.75) is 23.6 Å². The molecule has 0 heterocycles. The second-order valence-corrected chi connectivity index (χ2v) is 5.73. The van der Waals surface area contributed by atoms with Crippen molar-refractivity contribution in [3.63, 3.8) is 0 Å². The summed E-state index contributed by atoms with van der Waals surface area (Å²) >= 11 is 1.42. The van der Waals surface area contributed by atoms with Crippen molar-refractivity contribution in [2.24, 2.45) is 5.73 Å². The number of hydrogen-bond donors (Lipinski definition) is 1. The van der Waals surface area contributed by atoms with Crippen LogP contribution < -0.4 is 5.73 Å². The van der Waals surface area contributed by atoms with Crippen LogP contribution in [0.4, 0.5) is 10.1 Å². The monoisotopic (exact) mass is 306 g/mol. The Bertz CT molecular complexity index is 662. The van der Waals surface area contributed by atoms with E-state index in [1.807, 2.05) is 31.2 Å². The molecule has 0 radical (unpaired) electrons. The first kappa shape index (κ1) is 15.5. The van der Waals surface area contributed by atoms with E-state index in [1.165, 1.54) is 23.9 Å². The topological polar surface area (TPSA) is 69.2 Å². The van der Waals surface area contributed by atoms with Gasteiger partial charge >= 0.3 is 0 Å². The zero-order valence-electron chi connectivity index (χ0n) is 11.5. The molecule has 0 aliphatic rings. The summed E-state index contributed by atoms with van der Waals surface area (Å²) in [6.07, 6.45) is 0. The molecule has 0 aliphatic heterocycles. The molecule has 0 saturated carbocycles. The van der Waals surface area contributed by atoms with Crippen molar-refractivity contribution in [1.82, 2.24) is 0 Å². The van der Waals surface area contributed by atoms with E-state index in [-0.39, 0.29) is 11.7 Å². The molecule has 0 aliphatic carbocycles. The molecule has 21 heavy (non-hydrogen) atoms. The summed E-state index contributed by atoms with van der Waals surface area (Å²) in [6, 6.07) is 11.1. The molecule has 0 aromatic heterocycles. The number of hydrogen-bond acceptors (Lipinski definition) is 4. The summed E-state index contributed by atoms with van der Waals surface area (Å²) in [5, 5.41) is 10.9. The Morgan fingerprint density at radius 3 is 2.76 bits per heavy atom. The third-order valence-electron chi connectivity index (χ3n) is 3.02. The zero-order chi connectivity index (χ0) is 15.4. The lowest BCUT2D eigenvalue weighted by Gasteiger charge is -2.08. The standard InChI is InChI=1S/C15H15FN2O2S/c1-10(17)11-3-2-4-14(8-11)21-9-12-7-13(16)5-6-15(12)18(19)20/h2-8,10H,9,17H2,1H3. The van der Waals surface area contributed by atoms with Crippen LogP contribution in [0.2, 0.25) is 0 Å². The number of thioether (sulfide) groups is 1. The zero-order valence-corrected chi connectivity index (χ0v) is 12.3. The third kappa shape index (κ3) is 4.03. The second kappa shape index (κ2) is 6.69.